The fourth-order valence-electron chi connectivity index (χ4n) is 2.58. The molecule has 0 saturated carbocycles. The number of pyridine rings is 1. The topological polar surface area (TPSA) is 51.7 Å². The van der Waals surface area contributed by atoms with Gasteiger partial charge in [0.05, 0.1) is 12.7 Å². The van der Waals surface area contributed by atoms with Crippen molar-refractivity contribution in [2.45, 2.75) is 46.6 Å². The van der Waals surface area contributed by atoms with E-state index in [4.69, 9.17) is 9.47 Å². The zero-order valence-electron chi connectivity index (χ0n) is 14.7. The molecule has 0 radical (unpaired) electrons. The SMILES string of the molecule is Cc1cccc(N(CC(C)(C)C)C(=O)COCC2CCCO2)n1. The second-order valence-corrected chi connectivity index (χ2v) is 7.33. The number of carbonyl (C=O) groups excluding carboxylic acids is 1. The second-order valence-electron chi connectivity index (χ2n) is 7.33. The Morgan fingerprint density at radius 2 is 2.22 bits per heavy atom. The van der Waals surface area contributed by atoms with Gasteiger partial charge in [0, 0.05) is 18.8 Å². The minimum absolute atomic E-state index is 0.0182. The molecule has 2 heterocycles. The van der Waals surface area contributed by atoms with Crippen molar-refractivity contribution in [3.63, 3.8) is 0 Å². The number of ether oxygens (including phenoxy) is 2. The van der Waals surface area contributed by atoms with Crippen LogP contribution in [-0.4, -0.2) is 43.4 Å². The molecule has 5 heteroatoms. The quantitative estimate of drug-likeness (QED) is 0.808. The fourth-order valence-corrected chi connectivity index (χ4v) is 2.58. The molecular weight excluding hydrogens is 292 g/mol. The number of anilines is 1. The van der Waals surface area contributed by atoms with E-state index in [1.165, 1.54) is 0 Å². The minimum Gasteiger partial charge on any atom is -0.376 e. The maximum absolute atomic E-state index is 12.6. The predicted molar refractivity (Wildman–Crippen MR) is 90.6 cm³/mol. The van der Waals surface area contributed by atoms with Crippen molar-refractivity contribution in [1.82, 2.24) is 4.98 Å². The summed E-state index contributed by atoms with van der Waals surface area (Å²) in [7, 11) is 0. The first-order valence-corrected chi connectivity index (χ1v) is 8.28. The Morgan fingerprint density at radius 3 is 2.83 bits per heavy atom. The van der Waals surface area contributed by atoms with Gasteiger partial charge < -0.3 is 9.47 Å². The van der Waals surface area contributed by atoms with Gasteiger partial charge in [-0.2, -0.15) is 0 Å². The number of aryl methyl sites for hydroxylation is 1. The van der Waals surface area contributed by atoms with Gasteiger partial charge in [-0.05, 0) is 37.3 Å². The van der Waals surface area contributed by atoms with E-state index in [-0.39, 0.29) is 24.0 Å². The lowest BCUT2D eigenvalue weighted by molar-refractivity contribution is -0.124. The maximum atomic E-state index is 12.6. The Kier molecular flexibility index (Phi) is 6.13. The highest BCUT2D eigenvalue weighted by Crippen LogP contribution is 2.21. The van der Waals surface area contributed by atoms with E-state index in [1.54, 1.807) is 4.90 Å². The standard InChI is InChI=1S/C18H28N2O3/c1-14-7-5-9-16(19-14)20(13-18(2,3)4)17(21)12-22-11-15-8-6-10-23-15/h5,7,9,15H,6,8,10-13H2,1-4H3. The number of rotatable bonds is 6. The van der Waals surface area contributed by atoms with E-state index >= 15 is 0 Å². The van der Waals surface area contributed by atoms with Crippen molar-refractivity contribution < 1.29 is 14.3 Å². The predicted octanol–water partition coefficient (Wildman–Crippen LogP) is 2.96. The highest BCUT2D eigenvalue weighted by molar-refractivity contribution is 5.93. The van der Waals surface area contributed by atoms with Crippen LogP contribution < -0.4 is 4.90 Å². The van der Waals surface area contributed by atoms with Crippen LogP contribution in [0.2, 0.25) is 0 Å². The first-order valence-electron chi connectivity index (χ1n) is 8.28. The molecule has 1 aliphatic heterocycles. The number of nitrogens with zero attached hydrogens (tertiary/aromatic N) is 2. The lowest BCUT2D eigenvalue weighted by Gasteiger charge is -2.29. The van der Waals surface area contributed by atoms with Crippen LogP contribution in [0, 0.1) is 12.3 Å². The Hall–Kier alpha value is -1.46. The normalized spacial score (nSPS) is 18.2. The minimum atomic E-state index is -0.0592. The summed E-state index contributed by atoms with van der Waals surface area (Å²) < 4.78 is 11.1. The second kappa shape index (κ2) is 7.88. The first kappa shape index (κ1) is 17.9. The van der Waals surface area contributed by atoms with Crippen molar-refractivity contribution in [3.8, 4) is 0 Å². The monoisotopic (exact) mass is 320 g/mol. The molecule has 1 aromatic rings. The molecule has 1 fully saturated rings. The smallest absolute Gasteiger partial charge is 0.254 e. The summed E-state index contributed by atoms with van der Waals surface area (Å²) in [5.74, 6) is 0.627. The largest absolute Gasteiger partial charge is 0.376 e. The van der Waals surface area contributed by atoms with Gasteiger partial charge in [-0.15, -0.1) is 0 Å². The molecule has 2 rings (SSSR count). The van der Waals surface area contributed by atoms with Gasteiger partial charge in [0.2, 0.25) is 0 Å². The molecule has 128 valence electrons. The van der Waals surface area contributed by atoms with Crippen molar-refractivity contribution >= 4 is 11.7 Å². The van der Waals surface area contributed by atoms with Gasteiger partial charge in [0.25, 0.3) is 5.91 Å². The fraction of sp³-hybridized carbons (Fsp3) is 0.667. The van der Waals surface area contributed by atoms with E-state index in [9.17, 15) is 4.79 Å². The number of hydrogen-bond donors (Lipinski definition) is 0. The van der Waals surface area contributed by atoms with Crippen molar-refractivity contribution in [1.29, 1.82) is 0 Å². The van der Waals surface area contributed by atoms with E-state index in [0.29, 0.717) is 19.0 Å². The Bertz CT molecular complexity index is 519. The van der Waals surface area contributed by atoms with Gasteiger partial charge in [-0.3, -0.25) is 9.69 Å². The highest BCUT2D eigenvalue weighted by atomic mass is 16.5. The Morgan fingerprint density at radius 1 is 1.43 bits per heavy atom. The zero-order valence-corrected chi connectivity index (χ0v) is 14.7. The lowest BCUT2D eigenvalue weighted by Crippen LogP contribution is -2.41. The summed E-state index contributed by atoms with van der Waals surface area (Å²) in [4.78, 5) is 18.8. The average molecular weight is 320 g/mol. The van der Waals surface area contributed by atoms with E-state index < -0.39 is 0 Å². The maximum Gasteiger partial charge on any atom is 0.254 e. The van der Waals surface area contributed by atoms with Crippen LogP contribution in [0.5, 0.6) is 0 Å². The van der Waals surface area contributed by atoms with E-state index in [2.05, 4.69) is 25.8 Å². The third-order valence-corrected chi connectivity index (χ3v) is 3.64. The van der Waals surface area contributed by atoms with Crippen LogP contribution in [0.15, 0.2) is 18.2 Å². The Labute approximate surface area is 139 Å². The molecule has 1 saturated heterocycles. The summed E-state index contributed by atoms with van der Waals surface area (Å²) in [6.07, 6.45) is 2.22. The number of hydrogen-bond acceptors (Lipinski definition) is 4. The van der Waals surface area contributed by atoms with Crippen LogP contribution >= 0.6 is 0 Å². The van der Waals surface area contributed by atoms with Gasteiger partial charge in [-0.1, -0.05) is 26.8 Å². The molecule has 23 heavy (non-hydrogen) atoms. The van der Waals surface area contributed by atoms with Crippen molar-refractivity contribution in [3.05, 3.63) is 23.9 Å². The number of amides is 1. The van der Waals surface area contributed by atoms with E-state index in [1.807, 2.05) is 25.1 Å². The summed E-state index contributed by atoms with van der Waals surface area (Å²) in [5, 5.41) is 0. The molecule has 0 spiro atoms. The summed E-state index contributed by atoms with van der Waals surface area (Å²) >= 11 is 0. The van der Waals surface area contributed by atoms with Crippen LogP contribution in [0.1, 0.15) is 39.3 Å². The van der Waals surface area contributed by atoms with Gasteiger partial charge >= 0.3 is 0 Å². The van der Waals surface area contributed by atoms with E-state index in [0.717, 1.165) is 25.1 Å². The van der Waals surface area contributed by atoms with Crippen LogP contribution in [0.3, 0.4) is 0 Å². The summed E-state index contributed by atoms with van der Waals surface area (Å²) in [6, 6.07) is 5.72. The van der Waals surface area contributed by atoms with Gasteiger partial charge in [0.1, 0.15) is 12.4 Å². The molecule has 0 bridgehead atoms. The van der Waals surface area contributed by atoms with Crippen LogP contribution in [-0.2, 0) is 14.3 Å². The van der Waals surface area contributed by atoms with Gasteiger partial charge in [0.15, 0.2) is 0 Å². The Balaban J connectivity index is 1.99. The lowest BCUT2D eigenvalue weighted by atomic mass is 9.96. The third kappa shape index (κ3) is 5.92. The molecule has 0 aliphatic carbocycles. The average Bonchev–Trinajstić information content (AvgIpc) is 2.97. The molecule has 0 N–H and O–H groups in total. The van der Waals surface area contributed by atoms with Gasteiger partial charge in [-0.25, -0.2) is 4.98 Å². The molecule has 5 nitrogen and oxygen atoms in total. The van der Waals surface area contributed by atoms with Crippen LogP contribution in [0.4, 0.5) is 5.82 Å². The molecular formula is C18H28N2O3. The number of aromatic nitrogens is 1. The molecule has 0 aromatic carbocycles. The van der Waals surface area contributed by atoms with Crippen molar-refractivity contribution in [2.24, 2.45) is 5.41 Å². The molecule has 1 aromatic heterocycles. The summed E-state index contributed by atoms with van der Waals surface area (Å²) in [5.41, 5.74) is 0.879. The molecule has 1 atom stereocenters. The molecule has 1 amide bonds. The van der Waals surface area contributed by atoms with Crippen molar-refractivity contribution in [2.75, 3.05) is 31.3 Å². The molecule has 1 aliphatic rings. The van der Waals surface area contributed by atoms with Crippen LogP contribution in [0.25, 0.3) is 0 Å². The highest BCUT2D eigenvalue weighted by Gasteiger charge is 2.24. The molecule has 1 unspecified atom stereocenters. The zero-order chi connectivity index (χ0) is 16.9. The third-order valence-electron chi connectivity index (χ3n) is 3.64. The number of carbonyl (C=O) groups is 1. The first-order chi connectivity index (χ1) is 10.8. The summed E-state index contributed by atoms with van der Waals surface area (Å²) in [6.45, 7) is 10.2.